The van der Waals surface area contributed by atoms with Gasteiger partial charge < -0.3 is 20.5 Å². The van der Waals surface area contributed by atoms with Crippen LogP contribution >= 0.6 is 0 Å². The number of fused-ring (bicyclic) bond motifs is 1. The fourth-order valence-electron chi connectivity index (χ4n) is 3.09. The van der Waals surface area contributed by atoms with Crippen molar-refractivity contribution >= 4 is 23.5 Å². The number of para-hydroxylation sites is 1. The molecule has 3 rings (SSSR count). The van der Waals surface area contributed by atoms with Crippen LogP contribution in [-0.4, -0.2) is 35.5 Å². The summed E-state index contributed by atoms with van der Waals surface area (Å²) in [5, 5.41) is 14.9. The van der Waals surface area contributed by atoms with Gasteiger partial charge in [0, 0.05) is 6.54 Å². The Morgan fingerprint density at radius 2 is 2.00 bits per heavy atom. The Morgan fingerprint density at radius 3 is 2.71 bits per heavy atom. The molecular weight excluding hydrogens is 360 g/mol. The summed E-state index contributed by atoms with van der Waals surface area (Å²) in [6.07, 6.45) is -0.400. The molecule has 3 N–H and O–H groups in total. The molecule has 2 amide bonds. The molecule has 2 aromatic carbocycles. The van der Waals surface area contributed by atoms with Crippen LogP contribution in [0.1, 0.15) is 28.4 Å². The first-order valence-electron chi connectivity index (χ1n) is 9.02. The monoisotopic (exact) mass is 382 g/mol. The Bertz CT molecular complexity index is 925. The molecule has 7 heteroatoms. The quantitative estimate of drug-likeness (QED) is 0.712. The largest absolute Gasteiger partial charge is 0.481 e. The van der Waals surface area contributed by atoms with Gasteiger partial charge in [-0.3, -0.25) is 14.4 Å². The van der Waals surface area contributed by atoms with Crippen molar-refractivity contribution in [3.05, 3.63) is 59.2 Å². The van der Waals surface area contributed by atoms with E-state index in [2.05, 4.69) is 10.6 Å². The second-order valence-electron chi connectivity index (χ2n) is 6.87. The molecule has 0 aliphatic carbocycles. The van der Waals surface area contributed by atoms with Crippen molar-refractivity contribution < 1.29 is 24.2 Å². The maximum absolute atomic E-state index is 12.6. The van der Waals surface area contributed by atoms with Crippen LogP contribution in [0.25, 0.3) is 0 Å². The third kappa shape index (κ3) is 4.31. The SMILES string of the molecule is Cc1cccc(C[C@@H](CNC(=O)c2cccc3c2O[C@H](C)C(=O)N3)C(=O)O)c1. The zero-order valence-corrected chi connectivity index (χ0v) is 15.7. The number of nitrogens with one attached hydrogen (secondary N) is 2. The fraction of sp³-hybridized carbons (Fsp3) is 0.286. The molecular formula is C21H22N2O5. The smallest absolute Gasteiger partial charge is 0.308 e. The first kappa shape index (κ1) is 19.4. The number of carboxylic acid groups (broad SMARTS) is 1. The lowest BCUT2D eigenvalue weighted by molar-refractivity contribution is -0.141. The average Bonchev–Trinajstić information content (AvgIpc) is 2.65. The first-order valence-corrected chi connectivity index (χ1v) is 9.02. The molecule has 146 valence electrons. The van der Waals surface area contributed by atoms with Crippen LogP contribution in [0.3, 0.4) is 0 Å². The van der Waals surface area contributed by atoms with Crippen LogP contribution in [-0.2, 0) is 16.0 Å². The van der Waals surface area contributed by atoms with Gasteiger partial charge in [0.15, 0.2) is 11.9 Å². The molecule has 2 atom stereocenters. The summed E-state index contributed by atoms with van der Waals surface area (Å²) in [5.41, 5.74) is 2.63. The molecule has 0 aromatic heterocycles. The van der Waals surface area contributed by atoms with E-state index in [-0.39, 0.29) is 23.8 Å². The van der Waals surface area contributed by atoms with Crippen LogP contribution in [0.4, 0.5) is 5.69 Å². The average molecular weight is 382 g/mol. The Kier molecular flexibility index (Phi) is 5.63. The van der Waals surface area contributed by atoms with Crippen molar-refractivity contribution in [2.45, 2.75) is 26.4 Å². The maximum Gasteiger partial charge on any atom is 0.308 e. The highest BCUT2D eigenvalue weighted by atomic mass is 16.5. The highest BCUT2D eigenvalue weighted by Crippen LogP contribution is 2.33. The van der Waals surface area contributed by atoms with Crippen LogP contribution in [0.2, 0.25) is 0 Å². The maximum atomic E-state index is 12.6. The van der Waals surface area contributed by atoms with E-state index in [4.69, 9.17) is 4.74 Å². The van der Waals surface area contributed by atoms with E-state index in [0.29, 0.717) is 12.1 Å². The van der Waals surface area contributed by atoms with Gasteiger partial charge in [-0.15, -0.1) is 0 Å². The van der Waals surface area contributed by atoms with E-state index >= 15 is 0 Å². The van der Waals surface area contributed by atoms with Gasteiger partial charge in [-0.1, -0.05) is 35.9 Å². The van der Waals surface area contributed by atoms with Crippen molar-refractivity contribution in [1.29, 1.82) is 0 Å². The molecule has 7 nitrogen and oxygen atoms in total. The zero-order valence-electron chi connectivity index (χ0n) is 15.7. The number of rotatable bonds is 6. The Hall–Kier alpha value is -3.35. The van der Waals surface area contributed by atoms with Gasteiger partial charge >= 0.3 is 5.97 Å². The van der Waals surface area contributed by atoms with E-state index in [0.717, 1.165) is 11.1 Å². The number of hydrogen-bond acceptors (Lipinski definition) is 4. The molecule has 0 saturated heterocycles. The Balaban J connectivity index is 1.71. The molecule has 0 fully saturated rings. The second-order valence-corrected chi connectivity index (χ2v) is 6.87. The summed E-state index contributed by atoms with van der Waals surface area (Å²) in [5.74, 6) is -2.18. The topological polar surface area (TPSA) is 105 Å². The van der Waals surface area contributed by atoms with Gasteiger partial charge in [-0.25, -0.2) is 0 Å². The van der Waals surface area contributed by atoms with Crippen molar-refractivity contribution in [1.82, 2.24) is 5.32 Å². The third-order valence-corrected chi connectivity index (χ3v) is 4.60. The lowest BCUT2D eigenvalue weighted by Crippen LogP contribution is -2.37. The van der Waals surface area contributed by atoms with Crippen molar-refractivity contribution in [3.8, 4) is 5.75 Å². The van der Waals surface area contributed by atoms with Crippen molar-refractivity contribution in [3.63, 3.8) is 0 Å². The summed E-state index contributed by atoms with van der Waals surface area (Å²) in [4.78, 5) is 36.0. The molecule has 0 spiro atoms. The number of aliphatic carboxylic acids is 1. The van der Waals surface area contributed by atoms with E-state index in [1.165, 1.54) is 0 Å². The highest BCUT2D eigenvalue weighted by molar-refractivity contribution is 6.04. The van der Waals surface area contributed by atoms with E-state index in [1.807, 2.05) is 31.2 Å². The lowest BCUT2D eigenvalue weighted by atomic mass is 9.98. The number of carbonyl (C=O) groups excluding carboxylic acids is 2. The van der Waals surface area contributed by atoms with Crippen LogP contribution in [0.15, 0.2) is 42.5 Å². The number of hydrogen-bond donors (Lipinski definition) is 3. The normalized spacial score (nSPS) is 16.4. The predicted molar refractivity (Wildman–Crippen MR) is 104 cm³/mol. The Morgan fingerprint density at radius 1 is 1.25 bits per heavy atom. The molecule has 1 heterocycles. The molecule has 1 aliphatic rings. The number of aryl methyl sites for hydroxylation is 1. The fourth-order valence-corrected chi connectivity index (χ4v) is 3.09. The summed E-state index contributed by atoms with van der Waals surface area (Å²) in [7, 11) is 0. The third-order valence-electron chi connectivity index (χ3n) is 4.60. The van der Waals surface area contributed by atoms with Gasteiger partial charge in [0.05, 0.1) is 17.2 Å². The number of ether oxygens (including phenoxy) is 1. The molecule has 0 unspecified atom stereocenters. The summed E-state index contributed by atoms with van der Waals surface area (Å²) in [6.45, 7) is 3.52. The highest BCUT2D eigenvalue weighted by Gasteiger charge is 2.28. The Labute approximate surface area is 162 Å². The minimum absolute atomic E-state index is 0.0201. The molecule has 28 heavy (non-hydrogen) atoms. The summed E-state index contributed by atoms with van der Waals surface area (Å²) < 4.78 is 5.57. The minimum Gasteiger partial charge on any atom is -0.481 e. The number of carboxylic acids is 1. The van der Waals surface area contributed by atoms with Gasteiger partial charge in [0.1, 0.15) is 0 Å². The van der Waals surface area contributed by atoms with Crippen molar-refractivity contribution in [2.24, 2.45) is 5.92 Å². The van der Waals surface area contributed by atoms with E-state index in [9.17, 15) is 19.5 Å². The van der Waals surface area contributed by atoms with Gasteiger partial charge in [0.2, 0.25) is 0 Å². The predicted octanol–water partition coefficient (Wildman–Crippen LogP) is 2.39. The van der Waals surface area contributed by atoms with Gasteiger partial charge in [-0.2, -0.15) is 0 Å². The number of anilines is 1. The van der Waals surface area contributed by atoms with Gasteiger partial charge in [-0.05, 0) is 38.0 Å². The number of benzene rings is 2. The standard InChI is InChI=1S/C21H22N2O5/c1-12-5-3-6-14(9-12)10-15(21(26)27)11-22-20(25)16-7-4-8-17-18(16)28-13(2)19(24)23-17/h3-9,13,15H,10-11H2,1-2H3,(H,22,25)(H,23,24)(H,26,27)/t13-,15+/m1/s1. The zero-order chi connectivity index (χ0) is 20.3. The number of amides is 2. The molecule has 1 aliphatic heterocycles. The van der Waals surface area contributed by atoms with Crippen LogP contribution in [0.5, 0.6) is 5.75 Å². The molecule has 0 radical (unpaired) electrons. The molecule has 0 bridgehead atoms. The van der Waals surface area contributed by atoms with E-state index in [1.54, 1.807) is 25.1 Å². The van der Waals surface area contributed by atoms with Crippen LogP contribution < -0.4 is 15.4 Å². The summed E-state index contributed by atoms with van der Waals surface area (Å²) >= 11 is 0. The van der Waals surface area contributed by atoms with E-state index < -0.39 is 23.9 Å². The van der Waals surface area contributed by atoms with Gasteiger partial charge in [0.25, 0.3) is 11.8 Å². The second kappa shape index (κ2) is 8.12. The number of carbonyl (C=O) groups is 3. The lowest BCUT2D eigenvalue weighted by Gasteiger charge is -2.25. The molecule has 2 aromatic rings. The molecule has 0 saturated carbocycles. The van der Waals surface area contributed by atoms with Crippen molar-refractivity contribution in [2.75, 3.05) is 11.9 Å². The minimum atomic E-state index is -0.978. The van der Waals surface area contributed by atoms with Crippen LogP contribution in [0, 0.1) is 12.8 Å². The summed E-state index contributed by atoms with van der Waals surface area (Å²) in [6, 6.07) is 12.5. The first-order chi connectivity index (χ1) is 13.3.